The molecule has 8 N–H and O–H groups in total. The molecular weight excluding hydrogens is 398 g/mol. The van der Waals surface area contributed by atoms with Gasteiger partial charge in [0, 0.05) is 6.42 Å². The highest BCUT2D eigenvalue weighted by Gasteiger charge is 2.28. The van der Waals surface area contributed by atoms with Crippen LogP contribution >= 0.6 is 0 Å². The normalized spacial score (nSPS) is 17.6. The van der Waals surface area contributed by atoms with Gasteiger partial charge in [0.05, 0.1) is 12.6 Å². The lowest BCUT2D eigenvalue weighted by Gasteiger charge is -2.20. The molecule has 0 bridgehead atoms. The minimum atomic E-state index is -1.19. The number of unbranched alkanes of at least 4 members (excludes halogenated alkanes) is 1. The van der Waals surface area contributed by atoms with Crippen LogP contribution in [0.3, 0.4) is 0 Å². The van der Waals surface area contributed by atoms with Crippen LogP contribution in [0.4, 0.5) is 0 Å². The summed E-state index contributed by atoms with van der Waals surface area (Å²) < 4.78 is 0. The first kappa shape index (κ1) is 25.3. The lowest BCUT2D eigenvalue weighted by Crippen LogP contribution is -2.53. The molecule has 1 heterocycles. The zero-order valence-electron chi connectivity index (χ0n) is 16.8. The van der Waals surface area contributed by atoms with Crippen LogP contribution in [0.5, 0.6) is 0 Å². The Labute approximate surface area is 174 Å². The molecule has 0 spiro atoms. The molecule has 0 saturated carbocycles. The summed E-state index contributed by atoms with van der Waals surface area (Å²) in [5, 5.41) is 28.2. The fraction of sp³-hybridized carbons (Fsp3) is 0.722. The lowest BCUT2D eigenvalue weighted by atomic mass is 10.1. The Balaban J connectivity index is 2.57. The Kier molecular flexibility index (Phi) is 11.4. The Hall–Kier alpha value is -2.73. The first-order chi connectivity index (χ1) is 14.2. The average molecular weight is 429 g/mol. The van der Waals surface area contributed by atoms with E-state index in [0.717, 1.165) is 6.42 Å². The van der Waals surface area contributed by atoms with Gasteiger partial charge in [-0.25, -0.2) is 4.79 Å². The van der Waals surface area contributed by atoms with E-state index in [1.54, 1.807) is 0 Å². The van der Waals surface area contributed by atoms with Gasteiger partial charge >= 0.3 is 11.9 Å². The summed E-state index contributed by atoms with van der Waals surface area (Å²) in [5.41, 5.74) is 5.37. The molecule has 3 amide bonds. The van der Waals surface area contributed by atoms with Crippen LogP contribution in [0.2, 0.25) is 0 Å². The predicted molar refractivity (Wildman–Crippen MR) is 105 cm³/mol. The van der Waals surface area contributed by atoms with E-state index in [9.17, 15) is 24.0 Å². The van der Waals surface area contributed by atoms with Crippen LogP contribution in [-0.4, -0.2) is 77.6 Å². The van der Waals surface area contributed by atoms with Gasteiger partial charge in [0.15, 0.2) is 0 Å². The van der Waals surface area contributed by atoms with Crippen LogP contribution in [0.25, 0.3) is 0 Å². The number of aliphatic carboxylic acids is 2. The second kappa shape index (κ2) is 13.5. The molecular formula is C18H31N5O7. The quantitative estimate of drug-likeness (QED) is 0.151. The number of carbonyl (C=O) groups is 5. The molecule has 1 aliphatic rings. The first-order valence-corrected chi connectivity index (χ1v) is 10.00. The Bertz CT molecular complexity index is 622. The van der Waals surface area contributed by atoms with Crippen molar-refractivity contribution in [2.45, 2.75) is 63.1 Å². The topological polar surface area (TPSA) is 200 Å². The summed E-state index contributed by atoms with van der Waals surface area (Å²) >= 11 is 0. The van der Waals surface area contributed by atoms with Gasteiger partial charge in [0.1, 0.15) is 12.1 Å². The fourth-order valence-corrected chi connectivity index (χ4v) is 3.00. The number of nitrogens with one attached hydrogen (secondary N) is 4. The van der Waals surface area contributed by atoms with Gasteiger partial charge in [-0.05, 0) is 51.6 Å². The lowest BCUT2D eigenvalue weighted by molar-refractivity contribution is -0.142. The third-order valence-corrected chi connectivity index (χ3v) is 4.66. The molecule has 30 heavy (non-hydrogen) atoms. The Morgan fingerprint density at radius 2 is 1.77 bits per heavy atom. The van der Waals surface area contributed by atoms with E-state index in [0.29, 0.717) is 32.4 Å². The van der Waals surface area contributed by atoms with Gasteiger partial charge in [-0.1, -0.05) is 0 Å². The standard InChI is InChI=1S/C18H31N5O7/c19-8-2-1-4-13(18(29)30)22-14(24)10-21-16(27)12(6-7-15(25)26)23-17(28)11-5-3-9-20-11/h11-13,20H,1-10,19H2,(H,21,27)(H,22,24)(H,23,28)(H,25,26)(H,29,30). The van der Waals surface area contributed by atoms with Gasteiger partial charge in [-0.3, -0.25) is 19.2 Å². The molecule has 1 fully saturated rings. The molecule has 1 rings (SSSR count). The largest absolute Gasteiger partial charge is 0.481 e. The SMILES string of the molecule is NCCCCC(NC(=O)CNC(=O)C(CCC(=O)O)NC(=O)C1CCCN1)C(=O)O. The summed E-state index contributed by atoms with van der Waals surface area (Å²) in [7, 11) is 0. The highest BCUT2D eigenvalue weighted by Crippen LogP contribution is 2.07. The number of hydrogen-bond acceptors (Lipinski definition) is 7. The molecule has 3 atom stereocenters. The van der Waals surface area contributed by atoms with Gasteiger partial charge in [0.25, 0.3) is 0 Å². The van der Waals surface area contributed by atoms with Crippen molar-refractivity contribution in [3.05, 3.63) is 0 Å². The molecule has 12 heteroatoms. The van der Waals surface area contributed by atoms with Crippen molar-refractivity contribution < 1.29 is 34.2 Å². The van der Waals surface area contributed by atoms with E-state index in [-0.39, 0.29) is 19.3 Å². The fourth-order valence-electron chi connectivity index (χ4n) is 3.00. The summed E-state index contributed by atoms with van der Waals surface area (Å²) in [6.45, 7) is 0.594. The van der Waals surface area contributed by atoms with E-state index >= 15 is 0 Å². The van der Waals surface area contributed by atoms with E-state index in [1.807, 2.05) is 0 Å². The number of carbonyl (C=O) groups excluding carboxylic acids is 3. The number of carboxylic acid groups (broad SMARTS) is 2. The Morgan fingerprint density at radius 1 is 1.03 bits per heavy atom. The van der Waals surface area contributed by atoms with Gasteiger partial charge in [-0.2, -0.15) is 0 Å². The maximum atomic E-state index is 12.4. The zero-order valence-corrected chi connectivity index (χ0v) is 16.8. The number of nitrogens with two attached hydrogens (primary N) is 1. The molecule has 0 radical (unpaired) electrons. The van der Waals surface area contributed by atoms with Crippen LogP contribution < -0.4 is 27.0 Å². The Morgan fingerprint density at radius 3 is 2.33 bits per heavy atom. The van der Waals surface area contributed by atoms with E-state index in [2.05, 4.69) is 21.3 Å². The van der Waals surface area contributed by atoms with Crippen molar-refractivity contribution in [2.75, 3.05) is 19.6 Å². The number of amides is 3. The molecule has 0 aromatic carbocycles. The monoisotopic (exact) mass is 429 g/mol. The zero-order chi connectivity index (χ0) is 22.5. The van der Waals surface area contributed by atoms with Crippen molar-refractivity contribution in [1.29, 1.82) is 0 Å². The van der Waals surface area contributed by atoms with Gasteiger partial charge in [0.2, 0.25) is 17.7 Å². The molecule has 1 aliphatic heterocycles. The van der Waals surface area contributed by atoms with Crippen molar-refractivity contribution >= 4 is 29.7 Å². The van der Waals surface area contributed by atoms with Crippen molar-refractivity contribution in [2.24, 2.45) is 5.73 Å². The minimum Gasteiger partial charge on any atom is -0.481 e. The van der Waals surface area contributed by atoms with Crippen LogP contribution in [0.15, 0.2) is 0 Å². The molecule has 0 aliphatic carbocycles. The minimum absolute atomic E-state index is 0.141. The summed E-state index contributed by atoms with van der Waals surface area (Å²) in [4.78, 5) is 58.7. The predicted octanol–water partition coefficient (Wildman–Crippen LogP) is -2.10. The summed E-state index contributed by atoms with van der Waals surface area (Å²) in [5.74, 6) is -4.15. The van der Waals surface area contributed by atoms with Crippen LogP contribution in [0.1, 0.15) is 44.9 Å². The third-order valence-electron chi connectivity index (χ3n) is 4.66. The third kappa shape index (κ3) is 9.65. The van der Waals surface area contributed by atoms with Crippen molar-refractivity contribution in [3.8, 4) is 0 Å². The van der Waals surface area contributed by atoms with Crippen molar-refractivity contribution in [1.82, 2.24) is 21.3 Å². The molecule has 0 aromatic heterocycles. The first-order valence-electron chi connectivity index (χ1n) is 10.00. The molecule has 170 valence electrons. The summed E-state index contributed by atoms with van der Waals surface area (Å²) in [6, 6.07) is -2.67. The second-order valence-electron chi connectivity index (χ2n) is 7.10. The highest BCUT2D eigenvalue weighted by molar-refractivity contribution is 5.92. The number of carboxylic acids is 2. The van der Waals surface area contributed by atoms with E-state index < -0.39 is 54.3 Å². The highest BCUT2D eigenvalue weighted by atomic mass is 16.4. The maximum absolute atomic E-state index is 12.4. The maximum Gasteiger partial charge on any atom is 0.326 e. The second-order valence-corrected chi connectivity index (χ2v) is 7.10. The van der Waals surface area contributed by atoms with Gasteiger partial charge in [-0.15, -0.1) is 0 Å². The van der Waals surface area contributed by atoms with Crippen LogP contribution in [-0.2, 0) is 24.0 Å². The van der Waals surface area contributed by atoms with E-state index in [4.69, 9.17) is 15.9 Å². The molecule has 1 saturated heterocycles. The molecule has 0 aromatic rings. The average Bonchev–Trinajstić information content (AvgIpc) is 3.23. The van der Waals surface area contributed by atoms with Crippen molar-refractivity contribution in [3.63, 3.8) is 0 Å². The van der Waals surface area contributed by atoms with Gasteiger partial charge < -0.3 is 37.2 Å². The van der Waals surface area contributed by atoms with E-state index in [1.165, 1.54) is 0 Å². The smallest absolute Gasteiger partial charge is 0.326 e. The molecule has 3 unspecified atom stereocenters. The van der Waals surface area contributed by atoms with Crippen LogP contribution in [0, 0.1) is 0 Å². The number of rotatable bonds is 14. The summed E-state index contributed by atoms with van der Waals surface area (Å²) in [6.07, 6.45) is 2.30. The number of hydrogen-bond donors (Lipinski definition) is 7. The molecule has 12 nitrogen and oxygen atoms in total.